The Morgan fingerprint density at radius 2 is 2.50 bits per heavy atom. The van der Waals surface area contributed by atoms with E-state index in [1.54, 1.807) is 0 Å². The van der Waals surface area contributed by atoms with Crippen LogP contribution in [0.1, 0.15) is 13.3 Å². The van der Waals surface area contributed by atoms with Gasteiger partial charge in [0, 0.05) is 12.0 Å². The number of hydrogen-bond donors (Lipinski definition) is 0. The second-order valence-electron chi connectivity index (χ2n) is 2.57. The van der Waals surface area contributed by atoms with E-state index in [0.29, 0.717) is 6.61 Å². The van der Waals surface area contributed by atoms with Gasteiger partial charge >= 0.3 is 0 Å². The van der Waals surface area contributed by atoms with Gasteiger partial charge in [0.15, 0.2) is 0 Å². The van der Waals surface area contributed by atoms with Crippen LogP contribution in [0.3, 0.4) is 0 Å². The predicted octanol–water partition coefficient (Wildman–Crippen LogP) is 0.612. The lowest BCUT2D eigenvalue weighted by Crippen LogP contribution is -2.16. The monoisotopic (exact) mass is 114 g/mol. The number of ether oxygens (including phenoxy) is 1. The highest BCUT2D eigenvalue weighted by Gasteiger charge is 2.28. The first-order valence-electron chi connectivity index (χ1n) is 2.81. The maximum Gasteiger partial charge on any atom is 0.128 e. The summed E-state index contributed by atoms with van der Waals surface area (Å²) in [6.45, 7) is 3.28. The van der Waals surface area contributed by atoms with E-state index in [4.69, 9.17) is 4.74 Å². The van der Waals surface area contributed by atoms with E-state index in [-0.39, 0.29) is 5.41 Å². The third-order valence-corrected chi connectivity index (χ3v) is 1.53. The molecule has 0 unspecified atom stereocenters. The lowest BCUT2D eigenvalue weighted by atomic mass is 9.93. The highest BCUT2D eigenvalue weighted by Crippen LogP contribution is 2.24. The second-order valence-corrected chi connectivity index (χ2v) is 2.57. The normalized spacial score (nSPS) is 37.6. The molecule has 0 bridgehead atoms. The molecular weight excluding hydrogens is 104 g/mol. The molecule has 2 nitrogen and oxygen atoms in total. The molecule has 0 radical (unpaired) electrons. The number of carbonyl (C=O) groups is 1. The Bertz CT molecular complexity index is 92.7. The fraction of sp³-hybridized carbons (Fsp3) is 0.833. The average molecular weight is 114 g/mol. The Morgan fingerprint density at radius 1 is 1.75 bits per heavy atom. The lowest BCUT2D eigenvalue weighted by molar-refractivity contribution is -0.115. The van der Waals surface area contributed by atoms with Crippen LogP contribution in [0.5, 0.6) is 0 Å². The largest absolute Gasteiger partial charge is 0.380 e. The van der Waals surface area contributed by atoms with Crippen molar-refractivity contribution in [1.82, 2.24) is 0 Å². The van der Waals surface area contributed by atoms with Gasteiger partial charge in [0.2, 0.25) is 0 Å². The third kappa shape index (κ3) is 0.892. The van der Waals surface area contributed by atoms with Crippen molar-refractivity contribution < 1.29 is 9.53 Å². The molecule has 1 fully saturated rings. The van der Waals surface area contributed by atoms with Crippen LogP contribution in [0.15, 0.2) is 0 Å². The van der Waals surface area contributed by atoms with E-state index < -0.39 is 0 Å². The van der Waals surface area contributed by atoms with E-state index in [0.717, 1.165) is 19.3 Å². The maximum absolute atomic E-state index is 10.2. The zero-order chi connectivity index (χ0) is 6.04. The van der Waals surface area contributed by atoms with Crippen molar-refractivity contribution in [3.63, 3.8) is 0 Å². The molecule has 0 aromatic rings. The molecule has 1 saturated heterocycles. The molecule has 8 heavy (non-hydrogen) atoms. The van der Waals surface area contributed by atoms with Gasteiger partial charge in [-0.15, -0.1) is 0 Å². The molecule has 2 heteroatoms. The van der Waals surface area contributed by atoms with Crippen molar-refractivity contribution in [3.8, 4) is 0 Å². The summed E-state index contributed by atoms with van der Waals surface area (Å²) in [6.07, 6.45) is 1.87. The van der Waals surface area contributed by atoms with Gasteiger partial charge in [-0.2, -0.15) is 0 Å². The molecule has 1 aliphatic heterocycles. The summed E-state index contributed by atoms with van der Waals surface area (Å²) in [5.41, 5.74) is -0.167. The summed E-state index contributed by atoms with van der Waals surface area (Å²) < 4.78 is 5.02. The Hall–Kier alpha value is -0.370. The van der Waals surface area contributed by atoms with Gasteiger partial charge < -0.3 is 9.53 Å². The van der Waals surface area contributed by atoms with Crippen LogP contribution in [-0.2, 0) is 9.53 Å². The minimum atomic E-state index is -0.167. The van der Waals surface area contributed by atoms with E-state index >= 15 is 0 Å². The summed E-state index contributed by atoms with van der Waals surface area (Å²) in [7, 11) is 0. The number of hydrogen-bond acceptors (Lipinski definition) is 2. The van der Waals surface area contributed by atoms with Crippen molar-refractivity contribution in [2.24, 2.45) is 5.41 Å². The molecule has 46 valence electrons. The van der Waals surface area contributed by atoms with E-state index in [1.165, 1.54) is 0 Å². The van der Waals surface area contributed by atoms with Crippen LogP contribution in [0.2, 0.25) is 0 Å². The van der Waals surface area contributed by atoms with Crippen molar-refractivity contribution in [1.29, 1.82) is 0 Å². The van der Waals surface area contributed by atoms with E-state index in [9.17, 15) is 4.79 Å². The molecule has 0 saturated carbocycles. The van der Waals surface area contributed by atoms with Crippen molar-refractivity contribution >= 4 is 6.29 Å². The fourth-order valence-electron chi connectivity index (χ4n) is 0.776. The molecule has 0 aromatic carbocycles. The van der Waals surface area contributed by atoms with Gasteiger partial charge in [0.1, 0.15) is 6.29 Å². The second kappa shape index (κ2) is 1.86. The molecule has 1 aliphatic rings. The molecule has 0 amide bonds. The van der Waals surface area contributed by atoms with Crippen molar-refractivity contribution in [3.05, 3.63) is 0 Å². The molecule has 0 N–H and O–H groups in total. The molecule has 1 atom stereocenters. The number of rotatable bonds is 1. The van der Waals surface area contributed by atoms with Gasteiger partial charge in [0.25, 0.3) is 0 Å². The van der Waals surface area contributed by atoms with Crippen molar-refractivity contribution in [2.75, 3.05) is 13.2 Å². The van der Waals surface area contributed by atoms with Crippen LogP contribution in [0.4, 0.5) is 0 Å². The van der Waals surface area contributed by atoms with Crippen LogP contribution in [0, 0.1) is 5.41 Å². The number of carbonyl (C=O) groups excluding carboxylic acids is 1. The van der Waals surface area contributed by atoms with E-state index in [1.807, 2.05) is 6.92 Å². The molecule has 1 heterocycles. The first-order chi connectivity index (χ1) is 3.77. The highest BCUT2D eigenvalue weighted by atomic mass is 16.5. The fourth-order valence-corrected chi connectivity index (χ4v) is 0.776. The smallest absolute Gasteiger partial charge is 0.128 e. The maximum atomic E-state index is 10.2. The highest BCUT2D eigenvalue weighted by molar-refractivity contribution is 5.59. The standard InChI is InChI=1S/C6H10O2/c1-6(4-7)2-3-8-5-6/h4H,2-3,5H2,1H3/t6-/m1/s1. The Balaban J connectivity index is 2.52. The zero-order valence-electron chi connectivity index (χ0n) is 5.02. The third-order valence-electron chi connectivity index (χ3n) is 1.53. The first-order valence-corrected chi connectivity index (χ1v) is 2.81. The summed E-state index contributed by atoms with van der Waals surface area (Å²) in [5.74, 6) is 0. The van der Waals surface area contributed by atoms with Crippen LogP contribution in [-0.4, -0.2) is 19.5 Å². The SMILES string of the molecule is C[C@]1(C=O)CCOC1. The minimum absolute atomic E-state index is 0.167. The summed E-state index contributed by atoms with van der Waals surface area (Å²) in [6, 6.07) is 0. The Morgan fingerprint density at radius 3 is 2.75 bits per heavy atom. The van der Waals surface area contributed by atoms with Gasteiger partial charge in [-0.25, -0.2) is 0 Å². The molecule has 1 rings (SSSR count). The van der Waals surface area contributed by atoms with Gasteiger partial charge in [-0.1, -0.05) is 6.92 Å². The summed E-state index contributed by atoms with van der Waals surface area (Å²) in [4.78, 5) is 10.2. The Kier molecular flexibility index (Phi) is 1.34. The van der Waals surface area contributed by atoms with Crippen LogP contribution in [0.25, 0.3) is 0 Å². The molecular formula is C6H10O2. The van der Waals surface area contributed by atoms with Gasteiger partial charge in [-0.3, -0.25) is 0 Å². The molecule has 0 spiro atoms. The molecule has 0 aliphatic carbocycles. The quantitative estimate of drug-likeness (QED) is 0.467. The lowest BCUT2D eigenvalue weighted by Gasteiger charge is -2.09. The predicted molar refractivity (Wildman–Crippen MR) is 29.6 cm³/mol. The Labute approximate surface area is 48.8 Å². The average Bonchev–Trinajstić information content (AvgIpc) is 2.17. The van der Waals surface area contributed by atoms with Gasteiger partial charge in [0.05, 0.1) is 6.61 Å². The minimum Gasteiger partial charge on any atom is -0.380 e. The summed E-state index contributed by atoms with van der Waals surface area (Å²) in [5, 5.41) is 0. The zero-order valence-corrected chi connectivity index (χ0v) is 5.02. The van der Waals surface area contributed by atoms with E-state index in [2.05, 4.69) is 0 Å². The van der Waals surface area contributed by atoms with Gasteiger partial charge in [-0.05, 0) is 6.42 Å². The van der Waals surface area contributed by atoms with Crippen molar-refractivity contribution in [2.45, 2.75) is 13.3 Å². The molecule has 0 aromatic heterocycles. The summed E-state index contributed by atoms with van der Waals surface area (Å²) >= 11 is 0. The van der Waals surface area contributed by atoms with Crippen LogP contribution < -0.4 is 0 Å². The topological polar surface area (TPSA) is 26.3 Å². The first kappa shape index (κ1) is 5.76. The number of aldehydes is 1. The van der Waals surface area contributed by atoms with Crippen LogP contribution >= 0.6 is 0 Å².